The Labute approximate surface area is 92.4 Å². The van der Waals surface area contributed by atoms with E-state index >= 15 is 0 Å². The summed E-state index contributed by atoms with van der Waals surface area (Å²) in [7, 11) is 0. The van der Waals surface area contributed by atoms with E-state index in [2.05, 4.69) is 5.32 Å². The Balaban J connectivity index is 2.76. The third-order valence-electron chi connectivity index (χ3n) is 1.91. The molecular formula is C10H12ClFN2O. The second-order valence-electron chi connectivity index (χ2n) is 3.16. The van der Waals surface area contributed by atoms with E-state index in [1.807, 2.05) is 0 Å². The molecule has 0 aromatic heterocycles. The van der Waals surface area contributed by atoms with Gasteiger partial charge in [-0.3, -0.25) is 4.79 Å². The number of nitrogens with one attached hydrogen (secondary N) is 1. The third kappa shape index (κ3) is 3.49. The van der Waals surface area contributed by atoms with Crippen molar-refractivity contribution in [2.24, 2.45) is 5.73 Å². The van der Waals surface area contributed by atoms with Gasteiger partial charge in [0.05, 0.1) is 6.04 Å². The van der Waals surface area contributed by atoms with Gasteiger partial charge in [0.25, 0.3) is 0 Å². The molecule has 3 nitrogen and oxygen atoms in total. The first-order valence-corrected chi connectivity index (χ1v) is 4.93. The molecular weight excluding hydrogens is 219 g/mol. The quantitative estimate of drug-likeness (QED) is 0.836. The second kappa shape index (κ2) is 5.09. The molecule has 0 aliphatic carbocycles. The van der Waals surface area contributed by atoms with Gasteiger partial charge in [0, 0.05) is 10.7 Å². The fourth-order valence-electron chi connectivity index (χ4n) is 1.05. The standard InChI is InChI=1S/C10H12ClFN2O/c1-2-9(13)10(15)14-8-4-6(11)3-7(12)5-8/h3-5,9H,2,13H2,1H3,(H,14,15)/t9-/m0/s1. The maximum absolute atomic E-state index is 12.9. The number of carbonyl (C=O) groups excluding carboxylic acids is 1. The van der Waals surface area contributed by atoms with Crippen molar-refractivity contribution in [2.45, 2.75) is 19.4 Å². The SMILES string of the molecule is CC[C@H](N)C(=O)Nc1cc(F)cc(Cl)c1. The number of amides is 1. The van der Waals surface area contributed by atoms with Gasteiger partial charge < -0.3 is 11.1 Å². The number of carbonyl (C=O) groups is 1. The Hall–Kier alpha value is -1.13. The topological polar surface area (TPSA) is 55.1 Å². The van der Waals surface area contributed by atoms with Gasteiger partial charge in [-0.1, -0.05) is 18.5 Å². The van der Waals surface area contributed by atoms with Gasteiger partial charge in [0.1, 0.15) is 5.82 Å². The lowest BCUT2D eigenvalue weighted by molar-refractivity contribution is -0.117. The Kier molecular flexibility index (Phi) is 4.05. The molecule has 0 aliphatic heterocycles. The zero-order valence-corrected chi connectivity index (χ0v) is 9.01. The fourth-order valence-corrected chi connectivity index (χ4v) is 1.27. The number of halogens is 2. The van der Waals surface area contributed by atoms with Crippen LogP contribution in [-0.4, -0.2) is 11.9 Å². The molecule has 0 saturated carbocycles. The molecule has 0 fully saturated rings. The van der Waals surface area contributed by atoms with Crippen molar-refractivity contribution in [1.82, 2.24) is 0 Å². The highest BCUT2D eigenvalue weighted by molar-refractivity contribution is 6.30. The van der Waals surface area contributed by atoms with Crippen molar-refractivity contribution in [3.8, 4) is 0 Å². The molecule has 5 heteroatoms. The van der Waals surface area contributed by atoms with Gasteiger partial charge in [-0.05, 0) is 24.6 Å². The fraction of sp³-hybridized carbons (Fsp3) is 0.300. The summed E-state index contributed by atoms with van der Waals surface area (Å²) in [5.74, 6) is -0.845. The predicted octanol–water partition coefficient (Wildman–Crippen LogP) is 2.15. The first-order chi connectivity index (χ1) is 7.02. The van der Waals surface area contributed by atoms with E-state index in [4.69, 9.17) is 17.3 Å². The summed E-state index contributed by atoms with van der Waals surface area (Å²) in [5.41, 5.74) is 5.82. The van der Waals surface area contributed by atoms with Crippen LogP contribution in [-0.2, 0) is 4.79 Å². The van der Waals surface area contributed by atoms with Crippen molar-refractivity contribution >= 4 is 23.2 Å². The highest BCUT2D eigenvalue weighted by Gasteiger charge is 2.11. The van der Waals surface area contributed by atoms with Crippen LogP contribution in [0.5, 0.6) is 0 Å². The largest absolute Gasteiger partial charge is 0.325 e. The molecule has 1 aromatic rings. The van der Waals surface area contributed by atoms with Gasteiger partial charge in [0.15, 0.2) is 0 Å². The summed E-state index contributed by atoms with van der Waals surface area (Å²) in [5, 5.41) is 2.72. The number of hydrogen-bond acceptors (Lipinski definition) is 2. The van der Waals surface area contributed by atoms with E-state index in [0.717, 1.165) is 6.07 Å². The summed E-state index contributed by atoms with van der Waals surface area (Å²) in [4.78, 5) is 11.4. The Bertz CT molecular complexity index is 350. The van der Waals surface area contributed by atoms with E-state index in [1.165, 1.54) is 12.1 Å². The lowest BCUT2D eigenvalue weighted by atomic mass is 10.2. The predicted molar refractivity (Wildman–Crippen MR) is 58.3 cm³/mol. The van der Waals surface area contributed by atoms with Crippen molar-refractivity contribution in [3.63, 3.8) is 0 Å². The number of nitrogens with two attached hydrogens (primary N) is 1. The van der Waals surface area contributed by atoms with Gasteiger partial charge in [0.2, 0.25) is 5.91 Å². The molecule has 1 amide bonds. The highest BCUT2D eigenvalue weighted by Crippen LogP contribution is 2.18. The molecule has 0 heterocycles. The first kappa shape index (κ1) is 11.9. The minimum absolute atomic E-state index is 0.232. The molecule has 0 bridgehead atoms. The lowest BCUT2D eigenvalue weighted by Gasteiger charge is -2.10. The van der Waals surface area contributed by atoms with Crippen LogP contribution >= 0.6 is 11.6 Å². The van der Waals surface area contributed by atoms with Crippen LogP contribution in [0.15, 0.2) is 18.2 Å². The van der Waals surface area contributed by atoms with Crippen molar-refractivity contribution in [1.29, 1.82) is 0 Å². The summed E-state index contributed by atoms with van der Waals surface area (Å²) >= 11 is 5.62. The van der Waals surface area contributed by atoms with E-state index < -0.39 is 11.9 Å². The minimum Gasteiger partial charge on any atom is -0.325 e. The van der Waals surface area contributed by atoms with E-state index in [0.29, 0.717) is 12.1 Å². The maximum Gasteiger partial charge on any atom is 0.241 e. The smallest absolute Gasteiger partial charge is 0.241 e. The van der Waals surface area contributed by atoms with Crippen LogP contribution in [0.3, 0.4) is 0 Å². The summed E-state index contributed by atoms with van der Waals surface area (Å²) in [6.07, 6.45) is 0.523. The number of rotatable bonds is 3. The van der Waals surface area contributed by atoms with Gasteiger partial charge in [-0.15, -0.1) is 0 Å². The molecule has 0 unspecified atom stereocenters. The molecule has 3 N–H and O–H groups in total. The van der Waals surface area contributed by atoms with E-state index in [-0.39, 0.29) is 10.9 Å². The monoisotopic (exact) mass is 230 g/mol. The van der Waals surface area contributed by atoms with Gasteiger partial charge >= 0.3 is 0 Å². The van der Waals surface area contributed by atoms with Gasteiger partial charge in [-0.2, -0.15) is 0 Å². The minimum atomic E-state index is -0.591. The van der Waals surface area contributed by atoms with Crippen LogP contribution in [0.1, 0.15) is 13.3 Å². The number of hydrogen-bond donors (Lipinski definition) is 2. The van der Waals surface area contributed by atoms with Crippen LogP contribution in [0.4, 0.5) is 10.1 Å². The van der Waals surface area contributed by atoms with Crippen LogP contribution < -0.4 is 11.1 Å². The Morgan fingerprint density at radius 3 is 2.80 bits per heavy atom. The highest BCUT2D eigenvalue weighted by atomic mass is 35.5. The summed E-state index contributed by atoms with van der Waals surface area (Å²) in [6, 6.07) is 3.22. The number of anilines is 1. The number of benzene rings is 1. The van der Waals surface area contributed by atoms with E-state index in [9.17, 15) is 9.18 Å². The molecule has 0 radical (unpaired) electrons. The molecule has 1 aromatic carbocycles. The second-order valence-corrected chi connectivity index (χ2v) is 3.60. The zero-order chi connectivity index (χ0) is 11.4. The molecule has 15 heavy (non-hydrogen) atoms. The Morgan fingerprint density at radius 2 is 2.27 bits per heavy atom. The zero-order valence-electron chi connectivity index (χ0n) is 8.26. The van der Waals surface area contributed by atoms with E-state index in [1.54, 1.807) is 6.92 Å². The molecule has 0 spiro atoms. The average Bonchev–Trinajstić information content (AvgIpc) is 2.14. The normalized spacial score (nSPS) is 12.3. The third-order valence-corrected chi connectivity index (χ3v) is 2.12. The summed E-state index contributed by atoms with van der Waals surface area (Å²) < 4.78 is 12.9. The average molecular weight is 231 g/mol. The molecule has 1 rings (SSSR count). The van der Waals surface area contributed by atoms with Crippen LogP contribution in [0.2, 0.25) is 5.02 Å². The van der Waals surface area contributed by atoms with Crippen LogP contribution in [0.25, 0.3) is 0 Å². The molecule has 0 saturated heterocycles. The Morgan fingerprint density at radius 1 is 1.60 bits per heavy atom. The maximum atomic E-state index is 12.9. The van der Waals surface area contributed by atoms with Crippen LogP contribution in [0, 0.1) is 5.82 Å². The summed E-state index contributed by atoms with van der Waals surface area (Å²) in [6.45, 7) is 1.79. The molecule has 1 atom stereocenters. The van der Waals surface area contributed by atoms with Crippen molar-refractivity contribution in [3.05, 3.63) is 29.0 Å². The first-order valence-electron chi connectivity index (χ1n) is 4.55. The molecule has 0 aliphatic rings. The van der Waals surface area contributed by atoms with Crippen molar-refractivity contribution in [2.75, 3.05) is 5.32 Å². The van der Waals surface area contributed by atoms with Crippen molar-refractivity contribution < 1.29 is 9.18 Å². The van der Waals surface area contributed by atoms with Gasteiger partial charge in [-0.25, -0.2) is 4.39 Å². The lowest BCUT2D eigenvalue weighted by Crippen LogP contribution is -2.34. The molecule has 82 valence electrons.